The maximum atomic E-state index is 13.0. The van der Waals surface area contributed by atoms with Crippen LogP contribution in [0.4, 0.5) is 21.6 Å². The maximum absolute atomic E-state index is 13.0. The van der Waals surface area contributed by atoms with Crippen molar-refractivity contribution in [1.29, 1.82) is 0 Å². The molecule has 2 aromatic rings. The van der Waals surface area contributed by atoms with Gasteiger partial charge in [-0.15, -0.1) is 0 Å². The van der Waals surface area contributed by atoms with Crippen molar-refractivity contribution in [3.8, 4) is 0 Å². The van der Waals surface area contributed by atoms with Gasteiger partial charge in [-0.1, -0.05) is 0 Å². The fourth-order valence-electron chi connectivity index (χ4n) is 2.72. The van der Waals surface area contributed by atoms with E-state index in [4.69, 9.17) is 0 Å². The number of piperazine rings is 1. The van der Waals surface area contributed by atoms with Crippen molar-refractivity contribution >= 4 is 27.4 Å². The molecule has 3 rings (SSSR count). The van der Waals surface area contributed by atoms with Gasteiger partial charge < -0.3 is 9.80 Å². The summed E-state index contributed by atoms with van der Waals surface area (Å²) in [7, 11) is -0.608. The lowest BCUT2D eigenvalue weighted by molar-refractivity contribution is 0.527. The topological polar surface area (TPSA) is 68.8 Å². The molecule has 1 fully saturated rings. The van der Waals surface area contributed by atoms with Crippen molar-refractivity contribution in [1.82, 2.24) is 9.29 Å². The first-order valence-electron chi connectivity index (χ1n) is 8.27. The van der Waals surface area contributed by atoms with E-state index in [2.05, 4.69) is 19.5 Å². The van der Waals surface area contributed by atoms with Crippen molar-refractivity contribution in [3.63, 3.8) is 0 Å². The third-order valence-corrected chi connectivity index (χ3v) is 5.73. The van der Waals surface area contributed by atoms with Gasteiger partial charge in [0.15, 0.2) is 0 Å². The molecular formula is C17H22FN5O2S. The van der Waals surface area contributed by atoms with E-state index in [1.807, 2.05) is 0 Å². The zero-order valence-corrected chi connectivity index (χ0v) is 15.6. The second kappa shape index (κ2) is 7.46. The Morgan fingerprint density at radius 2 is 1.62 bits per heavy atom. The van der Waals surface area contributed by atoms with Gasteiger partial charge in [-0.2, -0.15) is 12.7 Å². The van der Waals surface area contributed by atoms with E-state index in [-0.39, 0.29) is 5.82 Å². The van der Waals surface area contributed by atoms with E-state index in [1.54, 1.807) is 24.3 Å². The second-order valence-electron chi connectivity index (χ2n) is 6.25. The Labute approximate surface area is 153 Å². The summed E-state index contributed by atoms with van der Waals surface area (Å²) in [5.41, 5.74) is 1.43. The van der Waals surface area contributed by atoms with E-state index in [0.29, 0.717) is 5.69 Å². The van der Waals surface area contributed by atoms with E-state index >= 15 is 0 Å². The van der Waals surface area contributed by atoms with Gasteiger partial charge in [0.2, 0.25) is 0 Å². The molecule has 0 amide bonds. The number of rotatable bonds is 5. The normalized spacial score (nSPS) is 15.4. The van der Waals surface area contributed by atoms with Gasteiger partial charge >= 0.3 is 10.2 Å². The molecule has 0 radical (unpaired) electrons. The molecule has 0 unspecified atom stereocenters. The average molecular weight is 379 g/mol. The van der Waals surface area contributed by atoms with E-state index in [0.717, 1.165) is 42.0 Å². The van der Waals surface area contributed by atoms with Crippen LogP contribution in [0.5, 0.6) is 0 Å². The molecule has 1 aromatic heterocycles. The molecule has 2 heterocycles. The summed E-state index contributed by atoms with van der Waals surface area (Å²) in [6.45, 7) is 3.19. The van der Waals surface area contributed by atoms with E-state index in [1.165, 1.54) is 32.4 Å². The summed E-state index contributed by atoms with van der Waals surface area (Å²) in [5, 5.41) is 0. The quantitative estimate of drug-likeness (QED) is 0.858. The number of benzene rings is 1. The van der Waals surface area contributed by atoms with Crippen LogP contribution in [0.2, 0.25) is 0 Å². The van der Waals surface area contributed by atoms with Crippen LogP contribution in [0.3, 0.4) is 0 Å². The molecular weight excluding hydrogens is 357 g/mol. The summed E-state index contributed by atoms with van der Waals surface area (Å²) >= 11 is 0. The Kier molecular flexibility index (Phi) is 5.28. The van der Waals surface area contributed by atoms with E-state index in [9.17, 15) is 12.8 Å². The minimum Gasteiger partial charge on any atom is -0.368 e. The van der Waals surface area contributed by atoms with Gasteiger partial charge in [0, 0.05) is 46.0 Å². The minimum absolute atomic E-state index is 0.235. The smallest absolute Gasteiger partial charge is 0.301 e. The lowest BCUT2D eigenvalue weighted by atomic mass is 10.2. The lowest BCUT2D eigenvalue weighted by Crippen LogP contribution is -2.46. The molecule has 0 atom stereocenters. The molecule has 1 saturated heterocycles. The highest BCUT2D eigenvalue weighted by molar-refractivity contribution is 7.90. The number of halogens is 1. The van der Waals surface area contributed by atoms with E-state index < -0.39 is 10.2 Å². The first-order chi connectivity index (χ1) is 12.3. The summed E-state index contributed by atoms with van der Waals surface area (Å²) in [5.74, 6) is 0.568. The van der Waals surface area contributed by atoms with Crippen LogP contribution in [0, 0.1) is 5.82 Å². The van der Waals surface area contributed by atoms with Gasteiger partial charge in [-0.25, -0.2) is 9.37 Å². The standard InChI is InChI=1S/C17H22FN5O2S/c1-21(2)26(24,25)20-15-5-8-17(19-13-15)23-11-9-22(10-12-23)16-6-3-14(18)4-7-16/h3-8,13,20H,9-12H2,1-2H3. The molecule has 7 nitrogen and oxygen atoms in total. The molecule has 26 heavy (non-hydrogen) atoms. The van der Waals surface area contributed by atoms with Crippen LogP contribution >= 0.6 is 0 Å². The molecule has 9 heteroatoms. The molecule has 140 valence electrons. The average Bonchev–Trinajstić information content (AvgIpc) is 2.63. The van der Waals surface area contributed by atoms with Crippen LogP contribution in [0.25, 0.3) is 0 Å². The number of nitrogens with one attached hydrogen (secondary N) is 1. The SMILES string of the molecule is CN(C)S(=O)(=O)Nc1ccc(N2CCN(c3ccc(F)cc3)CC2)nc1. The second-order valence-corrected chi connectivity index (χ2v) is 8.13. The Bertz CT molecular complexity index is 832. The van der Waals surface area contributed by atoms with Gasteiger partial charge in [-0.05, 0) is 36.4 Å². The van der Waals surface area contributed by atoms with Gasteiger partial charge in [-0.3, -0.25) is 4.72 Å². The zero-order chi connectivity index (χ0) is 18.7. The summed E-state index contributed by atoms with van der Waals surface area (Å²) in [6, 6.07) is 10.0. The van der Waals surface area contributed by atoms with Crippen LogP contribution in [0.15, 0.2) is 42.6 Å². The maximum Gasteiger partial charge on any atom is 0.301 e. The van der Waals surface area contributed by atoms with Gasteiger partial charge in [0.05, 0.1) is 11.9 Å². The van der Waals surface area contributed by atoms with Crippen LogP contribution in [-0.4, -0.2) is 58.0 Å². The molecule has 1 aromatic carbocycles. The Hall–Kier alpha value is -2.39. The number of anilines is 3. The lowest BCUT2D eigenvalue weighted by Gasteiger charge is -2.36. The number of aromatic nitrogens is 1. The number of hydrogen-bond acceptors (Lipinski definition) is 5. The number of hydrogen-bond donors (Lipinski definition) is 1. The largest absolute Gasteiger partial charge is 0.368 e. The zero-order valence-electron chi connectivity index (χ0n) is 14.8. The fraction of sp³-hybridized carbons (Fsp3) is 0.353. The third kappa shape index (κ3) is 4.23. The molecule has 0 saturated carbocycles. The van der Waals surface area contributed by atoms with Crippen molar-refractivity contribution in [2.24, 2.45) is 0 Å². The van der Waals surface area contributed by atoms with Crippen molar-refractivity contribution in [2.45, 2.75) is 0 Å². The number of pyridine rings is 1. The predicted octanol–water partition coefficient (Wildman–Crippen LogP) is 1.77. The van der Waals surface area contributed by atoms with Crippen molar-refractivity contribution < 1.29 is 12.8 Å². The highest BCUT2D eigenvalue weighted by Gasteiger charge is 2.19. The minimum atomic E-state index is -3.53. The molecule has 0 aliphatic carbocycles. The summed E-state index contributed by atoms with van der Waals surface area (Å²) < 4.78 is 40.3. The monoisotopic (exact) mass is 379 g/mol. The van der Waals surface area contributed by atoms with Crippen molar-refractivity contribution in [2.75, 3.05) is 54.8 Å². The number of nitrogens with zero attached hydrogens (tertiary/aromatic N) is 4. The van der Waals surface area contributed by atoms with Crippen LogP contribution < -0.4 is 14.5 Å². The summed E-state index contributed by atoms with van der Waals surface area (Å²) in [6.07, 6.45) is 1.52. The van der Waals surface area contributed by atoms with Crippen molar-refractivity contribution in [3.05, 3.63) is 48.4 Å². The Morgan fingerprint density at radius 1 is 1.00 bits per heavy atom. The first kappa shape index (κ1) is 18.4. The fourth-order valence-corrected chi connectivity index (χ4v) is 3.32. The van der Waals surface area contributed by atoms with Crippen LogP contribution in [0.1, 0.15) is 0 Å². The van der Waals surface area contributed by atoms with Gasteiger partial charge in [0.1, 0.15) is 11.6 Å². The first-order valence-corrected chi connectivity index (χ1v) is 9.71. The summed E-state index contributed by atoms with van der Waals surface area (Å²) in [4.78, 5) is 8.71. The molecule has 1 aliphatic heterocycles. The molecule has 1 aliphatic rings. The highest BCUT2D eigenvalue weighted by atomic mass is 32.2. The predicted molar refractivity (Wildman–Crippen MR) is 101 cm³/mol. The Balaban J connectivity index is 1.60. The Morgan fingerprint density at radius 3 is 2.15 bits per heavy atom. The molecule has 1 N–H and O–H groups in total. The molecule has 0 spiro atoms. The molecule has 0 bridgehead atoms. The highest BCUT2D eigenvalue weighted by Crippen LogP contribution is 2.21. The van der Waals surface area contributed by atoms with Gasteiger partial charge in [0.25, 0.3) is 0 Å². The third-order valence-electron chi connectivity index (χ3n) is 4.27. The van der Waals surface area contributed by atoms with Crippen LogP contribution in [-0.2, 0) is 10.2 Å².